The summed E-state index contributed by atoms with van der Waals surface area (Å²) in [4.78, 5) is 14.6. The lowest BCUT2D eigenvalue weighted by atomic mass is 9.97. The van der Waals surface area contributed by atoms with E-state index in [9.17, 15) is 4.79 Å². The smallest absolute Gasteiger partial charge is 0.224 e. The summed E-state index contributed by atoms with van der Waals surface area (Å²) >= 11 is 0. The summed E-state index contributed by atoms with van der Waals surface area (Å²) in [5.41, 5.74) is 2.16. The standard InChI is InChI=1S/C19H24N4O/c1-15-9-10-18(22-21-15)23-13-5-8-17(14-23)19(24)20-12-11-16-6-3-2-4-7-16/h2-4,6-7,9-10,17H,5,8,11-14H2,1H3,(H,20,24). The van der Waals surface area contributed by atoms with E-state index in [0.717, 1.165) is 43.9 Å². The number of aryl methyl sites for hydroxylation is 1. The first-order valence-corrected chi connectivity index (χ1v) is 8.59. The first-order valence-electron chi connectivity index (χ1n) is 8.59. The Morgan fingerprint density at radius 1 is 1.21 bits per heavy atom. The molecule has 0 aliphatic carbocycles. The Hall–Kier alpha value is -2.43. The van der Waals surface area contributed by atoms with Crippen LogP contribution in [0.2, 0.25) is 0 Å². The fraction of sp³-hybridized carbons (Fsp3) is 0.421. The van der Waals surface area contributed by atoms with Crippen molar-refractivity contribution in [2.75, 3.05) is 24.5 Å². The molecule has 1 fully saturated rings. The van der Waals surface area contributed by atoms with Crippen LogP contribution in [0.15, 0.2) is 42.5 Å². The summed E-state index contributed by atoms with van der Waals surface area (Å²) < 4.78 is 0. The summed E-state index contributed by atoms with van der Waals surface area (Å²) in [6.45, 7) is 4.26. The maximum atomic E-state index is 12.4. The van der Waals surface area contributed by atoms with Crippen molar-refractivity contribution in [3.63, 3.8) is 0 Å². The second kappa shape index (κ2) is 7.90. The molecule has 1 atom stereocenters. The van der Waals surface area contributed by atoms with Crippen molar-refractivity contribution in [2.45, 2.75) is 26.2 Å². The van der Waals surface area contributed by atoms with E-state index >= 15 is 0 Å². The molecule has 1 aromatic carbocycles. The molecule has 1 saturated heterocycles. The predicted molar refractivity (Wildman–Crippen MR) is 94.9 cm³/mol. The third kappa shape index (κ3) is 4.31. The molecular weight excluding hydrogens is 300 g/mol. The van der Waals surface area contributed by atoms with Gasteiger partial charge in [-0.3, -0.25) is 4.79 Å². The van der Waals surface area contributed by atoms with E-state index in [1.165, 1.54) is 5.56 Å². The summed E-state index contributed by atoms with van der Waals surface area (Å²) in [6, 6.07) is 14.2. The number of carbonyl (C=O) groups is 1. The number of amides is 1. The van der Waals surface area contributed by atoms with Crippen molar-refractivity contribution in [1.82, 2.24) is 15.5 Å². The fourth-order valence-electron chi connectivity index (χ4n) is 3.08. The van der Waals surface area contributed by atoms with Crippen LogP contribution in [-0.2, 0) is 11.2 Å². The molecule has 0 bridgehead atoms. The van der Waals surface area contributed by atoms with Gasteiger partial charge in [0.25, 0.3) is 0 Å². The van der Waals surface area contributed by atoms with E-state index in [4.69, 9.17) is 0 Å². The lowest BCUT2D eigenvalue weighted by Crippen LogP contribution is -2.43. The Labute approximate surface area is 143 Å². The van der Waals surface area contributed by atoms with Crippen LogP contribution in [0.3, 0.4) is 0 Å². The van der Waals surface area contributed by atoms with Gasteiger partial charge in [-0.2, -0.15) is 5.10 Å². The SMILES string of the molecule is Cc1ccc(N2CCCC(C(=O)NCCc3ccccc3)C2)nn1. The van der Waals surface area contributed by atoms with Gasteiger partial charge in [-0.25, -0.2) is 0 Å². The second-order valence-corrected chi connectivity index (χ2v) is 6.34. The van der Waals surface area contributed by atoms with E-state index in [2.05, 4.69) is 32.5 Å². The first kappa shape index (κ1) is 16.4. The van der Waals surface area contributed by atoms with Gasteiger partial charge in [0.05, 0.1) is 11.6 Å². The van der Waals surface area contributed by atoms with Crippen molar-refractivity contribution in [3.05, 3.63) is 53.7 Å². The minimum absolute atomic E-state index is 0.0256. The molecule has 5 heteroatoms. The van der Waals surface area contributed by atoms with Gasteiger partial charge >= 0.3 is 0 Å². The number of rotatable bonds is 5. The highest BCUT2D eigenvalue weighted by Gasteiger charge is 2.26. The summed E-state index contributed by atoms with van der Waals surface area (Å²) in [5.74, 6) is 1.04. The summed E-state index contributed by atoms with van der Waals surface area (Å²) in [5, 5.41) is 11.4. The number of benzene rings is 1. The molecule has 126 valence electrons. The molecule has 24 heavy (non-hydrogen) atoms. The monoisotopic (exact) mass is 324 g/mol. The van der Waals surface area contributed by atoms with Crippen molar-refractivity contribution in [3.8, 4) is 0 Å². The molecule has 1 aromatic heterocycles. The number of piperidine rings is 1. The molecule has 1 aliphatic rings. The number of hydrogen-bond donors (Lipinski definition) is 1. The molecule has 1 amide bonds. The Balaban J connectivity index is 1.50. The highest BCUT2D eigenvalue weighted by Crippen LogP contribution is 2.21. The molecule has 0 spiro atoms. The van der Waals surface area contributed by atoms with Gasteiger partial charge in [0.15, 0.2) is 5.82 Å². The third-order valence-electron chi connectivity index (χ3n) is 4.46. The van der Waals surface area contributed by atoms with E-state index in [1.807, 2.05) is 37.3 Å². The highest BCUT2D eigenvalue weighted by molar-refractivity contribution is 5.79. The zero-order chi connectivity index (χ0) is 16.8. The number of carbonyl (C=O) groups excluding carboxylic acids is 1. The summed E-state index contributed by atoms with van der Waals surface area (Å²) in [6.07, 6.45) is 2.81. The summed E-state index contributed by atoms with van der Waals surface area (Å²) in [7, 11) is 0. The van der Waals surface area contributed by atoms with Crippen LogP contribution >= 0.6 is 0 Å². The molecule has 2 aromatic rings. The lowest BCUT2D eigenvalue weighted by Gasteiger charge is -2.32. The van der Waals surface area contributed by atoms with Crippen LogP contribution < -0.4 is 10.2 Å². The number of anilines is 1. The maximum Gasteiger partial charge on any atom is 0.224 e. The Kier molecular flexibility index (Phi) is 5.41. The van der Waals surface area contributed by atoms with Gasteiger partial charge in [-0.05, 0) is 43.9 Å². The maximum absolute atomic E-state index is 12.4. The normalized spacial score (nSPS) is 17.5. The zero-order valence-electron chi connectivity index (χ0n) is 14.1. The molecule has 1 aliphatic heterocycles. The number of hydrogen-bond acceptors (Lipinski definition) is 4. The fourth-order valence-corrected chi connectivity index (χ4v) is 3.08. The topological polar surface area (TPSA) is 58.1 Å². The van der Waals surface area contributed by atoms with E-state index in [-0.39, 0.29) is 11.8 Å². The van der Waals surface area contributed by atoms with Crippen molar-refractivity contribution >= 4 is 11.7 Å². The average molecular weight is 324 g/mol. The molecule has 1 N–H and O–H groups in total. The Bertz CT molecular complexity index is 657. The number of nitrogens with zero attached hydrogens (tertiary/aromatic N) is 3. The second-order valence-electron chi connectivity index (χ2n) is 6.34. The first-order chi connectivity index (χ1) is 11.7. The molecule has 0 saturated carbocycles. The van der Waals surface area contributed by atoms with Crippen LogP contribution in [-0.4, -0.2) is 35.7 Å². The number of nitrogens with one attached hydrogen (secondary N) is 1. The van der Waals surface area contributed by atoms with Crippen LogP contribution in [0.4, 0.5) is 5.82 Å². The zero-order valence-corrected chi connectivity index (χ0v) is 14.1. The Morgan fingerprint density at radius 3 is 2.79 bits per heavy atom. The van der Waals surface area contributed by atoms with Crippen LogP contribution in [0.25, 0.3) is 0 Å². The van der Waals surface area contributed by atoms with Crippen LogP contribution in [0.1, 0.15) is 24.1 Å². The minimum atomic E-state index is 0.0256. The molecule has 1 unspecified atom stereocenters. The predicted octanol–water partition coefficient (Wildman–Crippen LogP) is 2.36. The lowest BCUT2D eigenvalue weighted by molar-refractivity contribution is -0.125. The highest BCUT2D eigenvalue weighted by atomic mass is 16.1. The molecular formula is C19H24N4O. The molecule has 3 rings (SSSR count). The molecule has 0 radical (unpaired) electrons. The van der Waals surface area contributed by atoms with E-state index < -0.39 is 0 Å². The van der Waals surface area contributed by atoms with Crippen molar-refractivity contribution in [1.29, 1.82) is 0 Å². The van der Waals surface area contributed by atoms with E-state index in [0.29, 0.717) is 6.54 Å². The molecule has 5 nitrogen and oxygen atoms in total. The van der Waals surface area contributed by atoms with Crippen LogP contribution in [0.5, 0.6) is 0 Å². The molecule has 2 heterocycles. The third-order valence-corrected chi connectivity index (χ3v) is 4.46. The van der Waals surface area contributed by atoms with Gasteiger partial charge in [0.1, 0.15) is 0 Å². The van der Waals surface area contributed by atoms with Gasteiger partial charge in [-0.15, -0.1) is 5.10 Å². The van der Waals surface area contributed by atoms with Gasteiger partial charge < -0.3 is 10.2 Å². The van der Waals surface area contributed by atoms with Crippen LogP contribution in [0, 0.1) is 12.8 Å². The van der Waals surface area contributed by atoms with Gasteiger partial charge in [0, 0.05) is 19.6 Å². The van der Waals surface area contributed by atoms with Crippen molar-refractivity contribution < 1.29 is 4.79 Å². The largest absolute Gasteiger partial charge is 0.355 e. The van der Waals surface area contributed by atoms with E-state index in [1.54, 1.807) is 0 Å². The van der Waals surface area contributed by atoms with Crippen molar-refractivity contribution in [2.24, 2.45) is 5.92 Å². The quantitative estimate of drug-likeness (QED) is 0.917. The van der Waals surface area contributed by atoms with Gasteiger partial charge in [-0.1, -0.05) is 30.3 Å². The van der Waals surface area contributed by atoms with Gasteiger partial charge in [0.2, 0.25) is 5.91 Å². The average Bonchev–Trinajstić information content (AvgIpc) is 2.63. The minimum Gasteiger partial charge on any atom is -0.355 e. The number of aromatic nitrogens is 2. The Morgan fingerprint density at radius 2 is 2.04 bits per heavy atom.